The quantitative estimate of drug-likeness (QED) is 0.249. The number of carbonyl (C=O) groups is 2. The Bertz CT molecular complexity index is 1830. The second kappa shape index (κ2) is 14.4. The van der Waals surface area contributed by atoms with Gasteiger partial charge in [0, 0.05) is 73.8 Å². The normalized spacial score (nSPS) is 16.5. The Hall–Kier alpha value is -4.66. The summed E-state index contributed by atoms with van der Waals surface area (Å²) in [6.07, 6.45) is -0.556. The van der Waals surface area contributed by atoms with Crippen LogP contribution >= 0.6 is 15.9 Å². The van der Waals surface area contributed by atoms with Gasteiger partial charge in [0.2, 0.25) is 11.8 Å². The van der Waals surface area contributed by atoms with Gasteiger partial charge in [0.05, 0.1) is 23.2 Å². The molecule has 11 nitrogen and oxygen atoms in total. The van der Waals surface area contributed by atoms with E-state index >= 15 is 0 Å². The number of hydrogen-bond acceptors (Lipinski definition) is 7. The van der Waals surface area contributed by atoms with Crippen molar-refractivity contribution in [3.8, 4) is 11.4 Å². The van der Waals surface area contributed by atoms with E-state index in [-0.39, 0.29) is 46.4 Å². The summed E-state index contributed by atoms with van der Waals surface area (Å²) < 4.78 is 43.0. The van der Waals surface area contributed by atoms with Crippen molar-refractivity contribution in [3.63, 3.8) is 0 Å². The summed E-state index contributed by atoms with van der Waals surface area (Å²) >= 11 is 3.14. The lowest BCUT2D eigenvalue weighted by Gasteiger charge is -2.38. The molecule has 3 N–H and O–H groups in total. The van der Waals surface area contributed by atoms with Gasteiger partial charge in [-0.3, -0.25) is 19.6 Å². The van der Waals surface area contributed by atoms with Gasteiger partial charge in [0.25, 0.3) is 0 Å². The summed E-state index contributed by atoms with van der Waals surface area (Å²) in [5.41, 5.74) is 6.01. The molecule has 2 aromatic carbocycles. The van der Waals surface area contributed by atoms with Crippen LogP contribution in [0.15, 0.2) is 76.3 Å². The fraction of sp³-hybridized carbons (Fsp3) is 0.382. The van der Waals surface area contributed by atoms with Gasteiger partial charge in [-0.05, 0) is 65.0 Å². The molecule has 0 unspecified atom stereocenters. The maximum absolute atomic E-state index is 14.0. The number of nitrogens with one attached hydrogen (secondary N) is 1. The molecular weight excluding hydrogens is 705 g/mol. The van der Waals surface area contributed by atoms with Gasteiger partial charge in [-0.2, -0.15) is 13.2 Å². The molecule has 0 radical (unpaired) electrons. The van der Waals surface area contributed by atoms with E-state index in [0.29, 0.717) is 57.9 Å². The number of likely N-dealkylation sites (tertiary alicyclic amines) is 1. The zero-order chi connectivity index (χ0) is 34.7. The summed E-state index contributed by atoms with van der Waals surface area (Å²) in [5.74, 6) is -0.973. The predicted octanol–water partition coefficient (Wildman–Crippen LogP) is 4.76. The van der Waals surface area contributed by atoms with Crippen molar-refractivity contribution >= 4 is 39.1 Å². The number of nitrogens with two attached hydrogens (primary N) is 1. The Balaban J connectivity index is 1.16. The lowest BCUT2D eigenvalue weighted by Crippen LogP contribution is -2.51. The van der Waals surface area contributed by atoms with E-state index in [1.165, 1.54) is 10.7 Å². The Morgan fingerprint density at radius 3 is 2.29 bits per heavy atom. The highest BCUT2D eigenvalue weighted by molar-refractivity contribution is 9.10. The molecule has 49 heavy (non-hydrogen) atoms. The van der Waals surface area contributed by atoms with E-state index in [4.69, 9.17) is 5.73 Å². The Labute approximate surface area is 289 Å². The zero-order valence-corrected chi connectivity index (χ0v) is 28.2. The van der Waals surface area contributed by atoms with Crippen LogP contribution in [0.2, 0.25) is 0 Å². The second-order valence-electron chi connectivity index (χ2n) is 12.4. The topological polar surface area (TPSA) is 133 Å². The van der Waals surface area contributed by atoms with Crippen molar-refractivity contribution in [1.82, 2.24) is 29.5 Å². The third-order valence-electron chi connectivity index (χ3n) is 9.22. The number of hydrogen-bond donors (Lipinski definition) is 2. The fourth-order valence-electron chi connectivity index (χ4n) is 6.57. The number of H-pyrrole nitrogens is 1. The number of aromatic nitrogens is 4. The molecule has 6 rings (SSSR count). The van der Waals surface area contributed by atoms with E-state index in [1.807, 2.05) is 42.5 Å². The number of rotatable bonds is 8. The molecular formula is C34H36BrF3N8O3. The van der Waals surface area contributed by atoms with Crippen LogP contribution in [0.4, 0.5) is 24.5 Å². The summed E-state index contributed by atoms with van der Waals surface area (Å²) in [4.78, 5) is 52.8. The summed E-state index contributed by atoms with van der Waals surface area (Å²) in [5, 5.41) is 4.50. The largest absolute Gasteiger partial charge is 0.418 e. The maximum Gasteiger partial charge on any atom is 0.418 e. The minimum atomic E-state index is -4.69. The Morgan fingerprint density at radius 2 is 1.63 bits per heavy atom. The standard InChI is InChI=1S/C34H36BrF3N8O3/c35-28-20-22(19-27(30(28)39)34(36,37)38)18-24(32(48)45-16-14-43(15-17-45)25-6-10-40-11-7-25)21-29(47)44-12-8-26(9-13-44)46-33(49)41-31(42-46)23-4-2-1-3-5-23/h1-7,10-11,19-20,24,26H,8-9,12-18,21,39H2,(H,41,42,49)/t24-/m0/s1. The monoisotopic (exact) mass is 740 g/mol. The molecule has 2 saturated heterocycles. The van der Waals surface area contributed by atoms with Crippen LogP contribution in [0, 0.1) is 5.92 Å². The molecule has 2 aliphatic rings. The number of halogens is 4. The van der Waals surface area contributed by atoms with E-state index in [9.17, 15) is 27.6 Å². The first-order valence-electron chi connectivity index (χ1n) is 16.1. The van der Waals surface area contributed by atoms with Crippen LogP contribution < -0.4 is 16.3 Å². The van der Waals surface area contributed by atoms with Crippen LogP contribution in [0.25, 0.3) is 11.4 Å². The SMILES string of the molecule is Nc1c(Br)cc(C[C@@H](CC(=O)N2CCC(n3nc(-c4ccccc4)[nH]c3=O)CC2)C(=O)N2CCN(c3ccncc3)CC2)cc1C(F)(F)F. The van der Waals surface area contributed by atoms with Gasteiger partial charge in [-0.15, -0.1) is 5.10 Å². The molecule has 2 aromatic heterocycles. The van der Waals surface area contributed by atoms with Crippen LogP contribution in [-0.4, -0.2) is 80.6 Å². The third-order valence-corrected chi connectivity index (χ3v) is 9.87. The smallest absolute Gasteiger partial charge is 0.397 e. The number of anilines is 2. The molecule has 15 heteroatoms. The molecule has 258 valence electrons. The average molecular weight is 742 g/mol. The van der Waals surface area contributed by atoms with Gasteiger partial charge in [0.15, 0.2) is 5.82 Å². The molecule has 4 aromatic rings. The minimum absolute atomic E-state index is 0.0709. The molecule has 2 aliphatic heterocycles. The first-order valence-corrected chi connectivity index (χ1v) is 16.9. The van der Waals surface area contributed by atoms with Crippen LogP contribution in [0.5, 0.6) is 0 Å². The van der Waals surface area contributed by atoms with Gasteiger partial charge in [0.1, 0.15) is 0 Å². The highest BCUT2D eigenvalue weighted by atomic mass is 79.9. The number of amides is 2. The highest BCUT2D eigenvalue weighted by Gasteiger charge is 2.36. The molecule has 2 fully saturated rings. The van der Waals surface area contributed by atoms with Crippen molar-refractivity contribution in [2.75, 3.05) is 49.9 Å². The lowest BCUT2D eigenvalue weighted by molar-refractivity contribution is -0.142. The number of alkyl halides is 3. The molecule has 0 aliphatic carbocycles. The molecule has 1 atom stereocenters. The first kappa shape index (κ1) is 34.2. The number of aromatic amines is 1. The fourth-order valence-corrected chi connectivity index (χ4v) is 7.07. The van der Waals surface area contributed by atoms with Crippen molar-refractivity contribution in [2.45, 2.75) is 37.9 Å². The third kappa shape index (κ3) is 7.82. The van der Waals surface area contributed by atoms with E-state index in [0.717, 1.165) is 17.3 Å². The average Bonchev–Trinajstić information content (AvgIpc) is 3.51. The Kier molecular flexibility index (Phi) is 10.1. The van der Waals surface area contributed by atoms with Gasteiger partial charge in [-0.25, -0.2) is 9.48 Å². The van der Waals surface area contributed by atoms with Crippen LogP contribution in [0.1, 0.15) is 36.4 Å². The predicted molar refractivity (Wildman–Crippen MR) is 182 cm³/mol. The summed E-state index contributed by atoms with van der Waals surface area (Å²) in [7, 11) is 0. The maximum atomic E-state index is 14.0. The highest BCUT2D eigenvalue weighted by Crippen LogP contribution is 2.38. The molecule has 4 heterocycles. The summed E-state index contributed by atoms with van der Waals surface area (Å²) in [6.45, 7) is 2.63. The minimum Gasteiger partial charge on any atom is -0.397 e. The van der Waals surface area contributed by atoms with Crippen molar-refractivity contribution in [2.24, 2.45) is 5.92 Å². The molecule has 0 bridgehead atoms. The van der Waals surface area contributed by atoms with Gasteiger partial charge >= 0.3 is 11.9 Å². The van der Waals surface area contributed by atoms with E-state index in [2.05, 4.69) is 35.9 Å². The number of benzene rings is 2. The number of nitrogen functional groups attached to an aromatic ring is 1. The number of piperidine rings is 1. The van der Waals surface area contributed by atoms with Crippen molar-refractivity contribution < 1.29 is 22.8 Å². The first-order chi connectivity index (χ1) is 23.5. The number of carbonyl (C=O) groups excluding carboxylic acids is 2. The van der Waals surface area contributed by atoms with Gasteiger partial charge in [-0.1, -0.05) is 30.3 Å². The molecule has 2 amide bonds. The number of pyridine rings is 1. The van der Waals surface area contributed by atoms with Gasteiger partial charge < -0.3 is 20.4 Å². The summed E-state index contributed by atoms with van der Waals surface area (Å²) in [6, 6.07) is 15.3. The van der Waals surface area contributed by atoms with Crippen molar-refractivity contribution in [1.29, 1.82) is 0 Å². The lowest BCUT2D eigenvalue weighted by atomic mass is 9.92. The second-order valence-corrected chi connectivity index (χ2v) is 13.2. The molecule has 0 spiro atoms. The Morgan fingerprint density at radius 1 is 0.959 bits per heavy atom. The van der Waals surface area contributed by atoms with Crippen LogP contribution in [-0.2, 0) is 22.2 Å². The van der Waals surface area contributed by atoms with Crippen LogP contribution in [0.3, 0.4) is 0 Å². The van der Waals surface area contributed by atoms with Crippen molar-refractivity contribution in [3.05, 3.63) is 93.1 Å². The number of piperazine rings is 1. The molecule has 0 saturated carbocycles. The number of nitrogens with zero attached hydrogens (tertiary/aromatic N) is 6. The zero-order valence-electron chi connectivity index (χ0n) is 26.6. The van der Waals surface area contributed by atoms with E-state index in [1.54, 1.807) is 22.2 Å². The van der Waals surface area contributed by atoms with E-state index < -0.39 is 23.3 Å².